The molecule has 0 saturated carbocycles. The minimum absolute atomic E-state index is 0.525. The lowest BCUT2D eigenvalue weighted by Gasteiger charge is -2.19. The normalized spacial score (nSPS) is 13.4. The van der Waals surface area contributed by atoms with E-state index in [1.165, 1.54) is 25.7 Å². The van der Waals surface area contributed by atoms with Crippen LogP contribution in [0.2, 0.25) is 0 Å². The van der Waals surface area contributed by atoms with E-state index in [1.54, 1.807) is 0 Å². The van der Waals surface area contributed by atoms with Crippen LogP contribution in [0.1, 0.15) is 53.4 Å². The average molecular weight is 169 g/mol. The zero-order valence-electron chi connectivity index (χ0n) is 8.98. The molecule has 0 aromatic heterocycles. The van der Waals surface area contributed by atoms with E-state index in [0.717, 1.165) is 5.71 Å². The van der Waals surface area contributed by atoms with E-state index in [1.807, 2.05) is 6.92 Å². The molecule has 0 rings (SSSR count). The quantitative estimate of drug-likeness (QED) is 0.461. The standard InChI is InChI=1S/C11H23N/c1-5-6-7-8-11(9(2)3)10(4)12/h9,11-12H,5-8H2,1-4H3. The van der Waals surface area contributed by atoms with Gasteiger partial charge < -0.3 is 5.41 Å². The molecule has 0 aliphatic carbocycles. The molecule has 1 heteroatoms. The predicted octanol–water partition coefficient (Wildman–Crippen LogP) is 3.88. The first kappa shape index (κ1) is 11.7. The van der Waals surface area contributed by atoms with E-state index in [2.05, 4.69) is 20.8 Å². The third-order valence-corrected chi connectivity index (χ3v) is 2.48. The van der Waals surface area contributed by atoms with Gasteiger partial charge in [-0.2, -0.15) is 0 Å². The van der Waals surface area contributed by atoms with Crippen LogP contribution in [-0.4, -0.2) is 5.71 Å². The van der Waals surface area contributed by atoms with Gasteiger partial charge in [-0.25, -0.2) is 0 Å². The maximum absolute atomic E-state index is 7.62. The van der Waals surface area contributed by atoms with Crippen LogP contribution in [0.3, 0.4) is 0 Å². The van der Waals surface area contributed by atoms with Gasteiger partial charge in [0.25, 0.3) is 0 Å². The summed E-state index contributed by atoms with van der Waals surface area (Å²) in [4.78, 5) is 0. The van der Waals surface area contributed by atoms with Crippen molar-refractivity contribution in [3.63, 3.8) is 0 Å². The van der Waals surface area contributed by atoms with E-state index in [4.69, 9.17) is 5.41 Å². The summed E-state index contributed by atoms with van der Waals surface area (Å²) in [7, 11) is 0. The van der Waals surface area contributed by atoms with E-state index in [0.29, 0.717) is 11.8 Å². The Hall–Kier alpha value is -0.330. The van der Waals surface area contributed by atoms with Crippen molar-refractivity contribution in [3.05, 3.63) is 0 Å². The molecule has 0 bridgehead atoms. The lowest BCUT2D eigenvalue weighted by atomic mass is 9.87. The van der Waals surface area contributed by atoms with Gasteiger partial charge in [0.15, 0.2) is 0 Å². The third kappa shape index (κ3) is 4.53. The molecule has 72 valence electrons. The van der Waals surface area contributed by atoms with Crippen LogP contribution in [0.5, 0.6) is 0 Å². The van der Waals surface area contributed by atoms with Gasteiger partial charge in [0.2, 0.25) is 0 Å². The smallest absolute Gasteiger partial charge is 0.00916 e. The summed E-state index contributed by atoms with van der Waals surface area (Å²) in [6, 6.07) is 0. The first-order chi connectivity index (χ1) is 5.59. The zero-order chi connectivity index (χ0) is 9.56. The van der Waals surface area contributed by atoms with Gasteiger partial charge in [-0.15, -0.1) is 0 Å². The zero-order valence-corrected chi connectivity index (χ0v) is 8.98. The summed E-state index contributed by atoms with van der Waals surface area (Å²) in [6.07, 6.45) is 5.09. The highest BCUT2D eigenvalue weighted by Gasteiger charge is 2.14. The lowest BCUT2D eigenvalue weighted by molar-refractivity contribution is 0.439. The molecule has 0 amide bonds. The molecule has 0 fully saturated rings. The fourth-order valence-electron chi connectivity index (χ4n) is 1.66. The highest BCUT2D eigenvalue weighted by molar-refractivity contribution is 5.81. The van der Waals surface area contributed by atoms with Gasteiger partial charge in [0.1, 0.15) is 0 Å². The molecule has 0 heterocycles. The average Bonchev–Trinajstić information content (AvgIpc) is 1.96. The number of hydrogen-bond donors (Lipinski definition) is 1. The monoisotopic (exact) mass is 169 g/mol. The second kappa shape index (κ2) is 6.22. The van der Waals surface area contributed by atoms with Crippen molar-refractivity contribution in [2.75, 3.05) is 0 Å². The molecular formula is C11H23N. The summed E-state index contributed by atoms with van der Waals surface area (Å²) in [5.41, 5.74) is 0.862. The van der Waals surface area contributed by atoms with Gasteiger partial charge in [0.05, 0.1) is 0 Å². The van der Waals surface area contributed by atoms with Gasteiger partial charge in [0, 0.05) is 5.71 Å². The number of rotatable bonds is 6. The Morgan fingerprint density at radius 3 is 2.17 bits per heavy atom. The molecular weight excluding hydrogens is 146 g/mol. The Morgan fingerprint density at radius 1 is 1.25 bits per heavy atom. The first-order valence-corrected chi connectivity index (χ1v) is 5.14. The Labute approximate surface area is 77.1 Å². The van der Waals surface area contributed by atoms with E-state index < -0.39 is 0 Å². The van der Waals surface area contributed by atoms with Crippen LogP contribution in [0.15, 0.2) is 0 Å². The molecule has 0 saturated heterocycles. The Morgan fingerprint density at radius 2 is 1.83 bits per heavy atom. The van der Waals surface area contributed by atoms with Crippen LogP contribution in [0, 0.1) is 17.2 Å². The van der Waals surface area contributed by atoms with Crippen LogP contribution in [-0.2, 0) is 0 Å². The van der Waals surface area contributed by atoms with Crippen molar-refractivity contribution in [3.8, 4) is 0 Å². The Kier molecular flexibility index (Phi) is 6.04. The SMILES string of the molecule is CCCCCC(C(C)=N)C(C)C. The Balaban J connectivity index is 3.72. The summed E-state index contributed by atoms with van der Waals surface area (Å²) in [5, 5.41) is 7.62. The summed E-state index contributed by atoms with van der Waals surface area (Å²) < 4.78 is 0. The highest BCUT2D eigenvalue weighted by atomic mass is 14.4. The molecule has 1 atom stereocenters. The largest absolute Gasteiger partial charge is 0.310 e. The molecule has 0 aromatic rings. The molecule has 0 aliphatic heterocycles. The van der Waals surface area contributed by atoms with Crippen molar-refractivity contribution in [2.24, 2.45) is 11.8 Å². The maximum atomic E-state index is 7.62. The molecule has 1 nitrogen and oxygen atoms in total. The van der Waals surface area contributed by atoms with E-state index in [9.17, 15) is 0 Å². The van der Waals surface area contributed by atoms with Crippen molar-refractivity contribution in [2.45, 2.75) is 53.4 Å². The second-order valence-electron chi connectivity index (χ2n) is 4.03. The number of unbranched alkanes of at least 4 members (excludes halogenated alkanes) is 2. The number of nitrogens with one attached hydrogen (secondary N) is 1. The van der Waals surface area contributed by atoms with Gasteiger partial charge in [-0.1, -0.05) is 40.0 Å². The minimum atomic E-state index is 0.525. The minimum Gasteiger partial charge on any atom is -0.310 e. The van der Waals surface area contributed by atoms with Crippen LogP contribution < -0.4 is 0 Å². The van der Waals surface area contributed by atoms with Crippen LogP contribution >= 0.6 is 0 Å². The third-order valence-electron chi connectivity index (χ3n) is 2.48. The van der Waals surface area contributed by atoms with Crippen molar-refractivity contribution >= 4 is 5.71 Å². The fourth-order valence-corrected chi connectivity index (χ4v) is 1.66. The van der Waals surface area contributed by atoms with Crippen molar-refractivity contribution < 1.29 is 0 Å². The van der Waals surface area contributed by atoms with Crippen LogP contribution in [0.4, 0.5) is 0 Å². The van der Waals surface area contributed by atoms with E-state index >= 15 is 0 Å². The number of hydrogen-bond acceptors (Lipinski definition) is 1. The first-order valence-electron chi connectivity index (χ1n) is 5.14. The summed E-state index contributed by atoms with van der Waals surface area (Å²) in [6.45, 7) is 8.60. The molecule has 0 spiro atoms. The van der Waals surface area contributed by atoms with E-state index in [-0.39, 0.29) is 0 Å². The molecule has 12 heavy (non-hydrogen) atoms. The molecule has 0 radical (unpaired) electrons. The lowest BCUT2D eigenvalue weighted by Crippen LogP contribution is -2.16. The highest BCUT2D eigenvalue weighted by Crippen LogP contribution is 2.19. The van der Waals surface area contributed by atoms with Gasteiger partial charge >= 0.3 is 0 Å². The van der Waals surface area contributed by atoms with Crippen LogP contribution in [0.25, 0.3) is 0 Å². The maximum Gasteiger partial charge on any atom is 0.00916 e. The topological polar surface area (TPSA) is 23.9 Å². The molecule has 1 N–H and O–H groups in total. The molecule has 0 aromatic carbocycles. The molecule has 0 aliphatic rings. The van der Waals surface area contributed by atoms with Gasteiger partial charge in [-0.05, 0) is 25.2 Å². The van der Waals surface area contributed by atoms with Crippen molar-refractivity contribution in [1.82, 2.24) is 0 Å². The molecule has 1 unspecified atom stereocenters. The second-order valence-corrected chi connectivity index (χ2v) is 4.03. The fraction of sp³-hybridized carbons (Fsp3) is 0.909. The van der Waals surface area contributed by atoms with Crippen molar-refractivity contribution in [1.29, 1.82) is 5.41 Å². The summed E-state index contributed by atoms with van der Waals surface area (Å²) in [5.74, 6) is 1.16. The Bertz CT molecular complexity index is 127. The van der Waals surface area contributed by atoms with Gasteiger partial charge in [-0.3, -0.25) is 0 Å². The summed E-state index contributed by atoms with van der Waals surface area (Å²) >= 11 is 0. The predicted molar refractivity (Wildman–Crippen MR) is 55.9 cm³/mol.